The molecule has 0 bridgehead atoms. The predicted molar refractivity (Wildman–Crippen MR) is 161 cm³/mol. The number of aromatic nitrogens is 3. The van der Waals surface area contributed by atoms with Gasteiger partial charge in [0.15, 0.2) is 0 Å². The van der Waals surface area contributed by atoms with E-state index < -0.39 is 18.1 Å². The molecule has 5 rings (SSSR count). The molecule has 1 saturated heterocycles. The van der Waals surface area contributed by atoms with Gasteiger partial charge in [0, 0.05) is 42.8 Å². The molecule has 45 heavy (non-hydrogen) atoms. The molecule has 0 atom stereocenters. The van der Waals surface area contributed by atoms with Crippen LogP contribution < -0.4 is 24.8 Å². The van der Waals surface area contributed by atoms with Gasteiger partial charge >= 0.3 is 6.36 Å². The highest BCUT2D eigenvalue weighted by Crippen LogP contribution is 2.35. The quantitative estimate of drug-likeness (QED) is 0.185. The van der Waals surface area contributed by atoms with Crippen LogP contribution in [0.25, 0.3) is 10.9 Å². The van der Waals surface area contributed by atoms with Crippen molar-refractivity contribution in [3.63, 3.8) is 0 Å². The van der Waals surface area contributed by atoms with E-state index in [2.05, 4.69) is 41.8 Å². The monoisotopic (exact) mass is 644 g/mol. The maximum absolute atomic E-state index is 12.5. The second-order valence-corrected chi connectivity index (χ2v) is 10.1. The Bertz CT molecular complexity index is 1670. The fourth-order valence-corrected chi connectivity index (χ4v) is 4.63. The molecular formula is C30H28ClF3N6O5. The second kappa shape index (κ2) is 14.4. The number of morpholine rings is 1. The van der Waals surface area contributed by atoms with E-state index in [0.29, 0.717) is 60.2 Å². The van der Waals surface area contributed by atoms with Crippen molar-refractivity contribution in [3.8, 4) is 17.4 Å². The number of alkyl halides is 3. The fraction of sp³-hybridized carbons (Fsp3) is 0.267. The Balaban J connectivity index is 1.30. The third-order valence-corrected chi connectivity index (χ3v) is 6.82. The fourth-order valence-electron chi connectivity index (χ4n) is 4.39. The van der Waals surface area contributed by atoms with Crippen molar-refractivity contribution in [3.05, 3.63) is 78.2 Å². The first-order valence-electron chi connectivity index (χ1n) is 13.7. The zero-order valence-corrected chi connectivity index (χ0v) is 24.5. The lowest BCUT2D eigenvalue weighted by Crippen LogP contribution is -2.38. The number of carbonyl (C=O) groups is 1. The molecule has 15 heteroatoms. The maximum atomic E-state index is 12.5. The van der Waals surface area contributed by atoms with Gasteiger partial charge in [-0.15, -0.1) is 13.2 Å². The Kier molecular flexibility index (Phi) is 10.2. The van der Waals surface area contributed by atoms with Gasteiger partial charge in [-0.05, 0) is 36.4 Å². The average molecular weight is 645 g/mol. The number of nitrogens with one attached hydrogen (secondary N) is 2. The van der Waals surface area contributed by atoms with Crippen molar-refractivity contribution >= 4 is 45.6 Å². The summed E-state index contributed by atoms with van der Waals surface area (Å²) in [5, 5.41) is 6.82. The lowest BCUT2D eigenvalue weighted by Gasteiger charge is -2.26. The van der Waals surface area contributed by atoms with Crippen molar-refractivity contribution in [2.45, 2.75) is 13.0 Å². The summed E-state index contributed by atoms with van der Waals surface area (Å²) in [5.41, 5.74) is 1.77. The number of amides is 1. The first-order chi connectivity index (χ1) is 21.7. The highest BCUT2D eigenvalue weighted by Gasteiger charge is 2.31. The number of hydrogen-bond donors (Lipinski definition) is 2. The minimum Gasteiger partial charge on any atom is -0.490 e. The van der Waals surface area contributed by atoms with Gasteiger partial charge in [0.05, 0.1) is 35.1 Å². The number of hydrogen-bond acceptors (Lipinski definition) is 10. The van der Waals surface area contributed by atoms with E-state index in [1.807, 2.05) is 0 Å². The van der Waals surface area contributed by atoms with Crippen molar-refractivity contribution in [2.75, 3.05) is 50.1 Å². The molecule has 0 unspecified atom stereocenters. The van der Waals surface area contributed by atoms with E-state index in [9.17, 15) is 18.0 Å². The van der Waals surface area contributed by atoms with Crippen LogP contribution in [0.3, 0.4) is 0 Å². The molecule has 4 aromatic rings. The molecule has 0 spiro atoms. The number of halogens is 4. The van der Waals surface area contributed by atoms with Crippen LogP contribution in [0.15, 0.2) is 67.5 Å². The normalized spacial score (nSPS) is 13.7. The van der Waals surface area contributed by atoms with E-state index >= 15 is 0 Å². The van der Waals surface area contributed by atoms with Gasteiger partial charge in [0.1, 0.15) is 36.9 Å². The van der Waals surface area contributed by atoms with Gasteiger partial charge in [-0.2, -0.15) is 0 Å². The molecule has 2 aromatic heterocycles. The lowest BCUT2D eigenvalue weighted by atomic mass is 10.1. The Labute approximate surface area is 260 Å². The van der Waals surface area contributed by atoms with E-state index in [-0.39, 0.29) is 23.1 Å². The maximum Gasteiger partial charge on any atom is 0.574 e. The Morgan fingerprint density at radius 2 is 1.91 bits per heavy atom. The number of pyridine rings is 1. The van der Waals surface area contributed by atoms with Crippen LogP contribution >= 0.6 is 11.6 Å². The van der Waals surface area contributed by atoms with Gasteiger partial charge in [0.2, 0.25) is 11.8 Å². The summed E-state index contributed by atoms with van der Waals surface area (Å²) in [7, 11) is 0. The number of anilines is 3. The van der Waals surface area contributed by atoms with E-state index in [0.717, 1.165) is 25.2 Å². The lowest BCUT2D eigenvalue weighted by molar-refractivity contribution is -0.276. The van der Waals surface area contributed by atoms with Crippen LogP contribution in [0, 0.1) is 0 Å². The number of nitrogens with zero attached hydrogens (tertiary/aromatic N) is 4. The predicted octanol–water partition coefficient (Wildman–Crippen LogP) is 5.73. The molecule has 11 nitrogen and oxygen atoms in total. The zero-order chi connectivity index (χ0) is 31.8. The minimum atomic E-state index is -4.85. The molecule has 2 N–H and O–H groups in total. The summed E-state index contributed by atoms with van der Waals surface area (Å²) in [6.45, 7) is 7.49. The van der Waals surface area contributed by atoms with Gasteiger partial charge in [-0.25, -0.2) is 15.0 Å². The number of rotatable bonds is 12. The molecule has 1 aliphatic heterocycles. The molecule has 2 aromatic carbocycles. The van der Waals surface area contributed by atoms with Crippen LogP contribution in [0.2, 0.25) is 5.02 Å². The number of carbonyl (C=O) groups excluding carboxylic acids is 1. The Hall–Kier alpha value is -4.66. The van der Waals surface area contributed by atoms with Crippen molar-refractivity contribution < 1.29 is 36.9 Å². The highest BCUT2D eigenvalue weighted by atomic mass is 35.5. The summed E-state index contributed by atoms with van der Waals surface area (Å²) >= 11 is 6.45. The van der Waals surface area contributed by atoms with Crippen molar-refractivity contribution in [2.24, 2.45) is 0 Å². The smallest absolute Gasteiger partial charge is 0.490 e. The Morgan fingerprint density at radius 3 is 2.67 bits per heavy atom. The van der Waals surface area contributed by atoms with Crippen LogP contribution in [-0.2, 0) is 16.1 Å². The topological polar surface area (TPSA) is 120 Å². The van der Waals surface area contributed by atoms with Gasteiger partial charge in [-0.3, -0.25) is 9.69 Å². The molecule has 0 aliphatic carbocycles. The molecule has 1 fully saturated rings. The third kappa shape index (κ3) is 8.94. The van der Waals surface area contributed by atoms with Crippen LogP contribution in [-0.4, -0.2) is 71.6 Å². The van der Waals surface area contributed by atoms with E-state index in [1.54, 1.807) is 30.3 Å². The van der Waals surface area contributed by atoms with Crippen molar-refractivity contribution in [1.82, 2.24) is 19.9 Å². The Morgan fingerprint density at radius 1 is 1.09 bits per heavy atom. The number of fused-ring (bicyclic) bond motifs is 1. The summed E-state index contributed by atoms with van der Waals surface area (Å²) < 4.78 is 58.5. The summed E-state index contributed by atoms with van der Waals surface area (Å²) in [6.07, 6.45) is -2.29. The molecule has 1 amide bonds. The summed E-state index contributed by atoms with van der Waals surface area (Å²) in [5.74, 6) is 0.169. The minimum absolute atomic E-state index is 0.145. The van der Waals surface area contributed by atoms with Gasteiger partial charge in [0.25, 0.3) is 0 Å². The molecule has 0 radical (unpaired) electrons. The SMILES string of the molecule is C=CC(=O)Nc1cc2c(Nc3ccc(OCc4cccc(OC(F)(F)F)n4)c(Cl)c3)ncnc2cc1OCCN1CCOCC1. The average Bonchev–Trinajstić information content (AvgIpc) is 3.01. The van der Waals surface area contributed by atoms with Crippen LogP contribution in [0.1, 0.15) is 5.69 Å². The zero-order valence-electron chi connectivity index (χ0n) is 23.8. The molecular weight excluding hydrogens is 617 g/mol. The number of benzene rings is 2. The van der Waals surface area contributed by atoms with E-state index in [1.165, 1.54) is 18.5 Å². The number of ether oxygens (including phenoxy) is 4. The van der Waals surface area contributed by atoms with Gasteiger partial charge in [-0.1, -0.05) is 24.2 Å². The largest absolute Gasteiger partial charge is 0.574 e. The molecule has 1 aliphatic rings. The standard InChI is InChI=1S/C30H28ClF3N6O5/c1-2-27(41)39-24-15-21-23(16-26(24)43-13-10-40-8-11-42-12-9-40)35-18-36-29(21)38-19-6-7-25(22(31)14-19)44-17-20-4-3-5-28(37-20)45-30(32,33)34/h2-7,14-16,18H,1,8-13,17H2,(H,39,41)(H,35,36,38). The van der Waals surface area contributed by atoms with Crippen LogP contribution in [0.5, 0.6) is 17.4 Å². The van der Waals surface area contributed by atoms with Gasteiger partial charge < -0.3 is 29.6 Å². The summed E-state index contributed by atoms with van der Waals surface area (Å²) in [6, 6.07) is 12.3. The highest BCUT2D eigenvalue weighted by molar-refractivity contribution is 6.32. The second-order valence-electron chi connectivity index (χ2n) is 9.66. The third-order valence-electron chi connectivity index (χ3n) is 6.52. The van der Waals surface area contributed by atoms with Crippen LogP contribution in [0.4, 0.5) is 30.4 Å². The van der Waals surface area contributed by atoms with E-state index in [4.69, 9.17) is 25.8 Å². The molecule has 236 valence electrons. The first kappa shape index (κ1) is 31.8. The van der Waals surface area contributed by atoms with Crippen molar-refractivity contribution in [1.29, 1.82) is 0 Å². The summed E-state index contributed by atoms with van der Waals surface area (Å²) in [4.78, 5) is 27.0. The molecule has 0 saturated carbocycles. The molecule has 3 heterocycles. The first-order valence-corrected chi connectivity index (χ1v) is 14.1.